The second kappa shape index (κ2) is 5.73. The summed E-state index contributed by atoms with van der Waals surface area (Å²) < 4.78 is 13.0. The molecule has 2 rings (SSSR count). The Balaban J connectivity index is 2.21. The van der Waals surface area contributed by atoms with Crippen LogP contribution in [0.25, 0.3) is 0 Å². The third kappa shape index (κ3) is 3.24. The van der Waals surface area contributed by atoms with Crippen LogP contribution < -0.4 is 5.32 Å². The van der Waals surface area contributed by atoms with Crippen molar-refractivity contribution in [1.82, 2.24) is 0 Å². The second-order valence-electron chi connectivity index (χ2n) is 4.22. The minimum atomic E-state index is -0.416. The first kappa shape index (κ1) is 13.4. The first-order chi connectivity index (χ1) is 9.10. The van der Waals surface area contributed by atoms with Gasteiger partial charge >= 0.3 is 0 Å². The van der Waals surface area contributed by atoms with Crippen LogP contribution in [0.1, 0.15) is 24.1 Å². The summed E-state index contributed by atoms with van der Waals surface area (Å²) in [7, 11) is 0. The van der Waals surface area contributed by atoms with Gasteiger partial charge in [0.25, 0.3) is 0 Å². The van der Waals surface area contributed by atoms with Gasteiger partial charge in [-0.15, -0.1) is 0 Å². The largest absolute Gasteiger partial charge is 0.377 e. The van der Waals surface area contributed by atoms with Crippen LogP contribution >= 0.6 is 11.6 Å². The number of anilines is 1. The van der Waals surface area contributed by atoms with Gasteiger partial charge in [-0.2, -0.15) is 5.26 Å². The molecule has 4 heteroatoms. The number of halogens is 2. The van der Waals surface area contributed by atoms with E-state index in [0.29, 0.717) is 16.3 Å². The molecule has 0 aliphatic heterocycles. The lowest BCUT2D eigenvalue weighted by atomic mass is 10.1. The Bertz CT molecular complexity index is 617. The van der Waals surface area contributed by atoms with E-state index < -0.39 is 5.82 Å². The van der Waals surface area contributed by atoms with Crippen molar-refractivity contribution in [3.63, 3.8) is 0 Å². The zero-order chi connectivity index (χ0) is 13.8. The SMILES string of the molecule is CC(Nc1ccc(F)cc1C#N)c1ccc(Cl)cc1. The highest BCUT2D eigenvalue weighted by atomic mass is 35.5. The standard InChI is InChI=1S/C15H12ClFN2/c1-10(11-2-4-13(16)5-3-11)19-15-7-6-14(17)8-12(15)9-18/h2-8,10,19H,1H3. The van der Waals surface area contributed by atoms with Crippen molar-refractivity contribution in [2.24, 2.45) is 0 Å². The molecule has 0 saturated carbocycles. The van der Waals surface area contributed by atoms with Crippen LogP contribution in [0.5, 0.6) is 0 Å². The fourth-order valence-corrected chi connectivity index (χ4v) is 1.93. The van der Waals surface area contributed by atoms with E-state index in [-0.39, 0.29) is 6.04 Å². The topological polar surface area (TPSA) is 35.8 Å². The number of hydrogen-bond acceptors (Lipinski definition) is 2. The maximum Gasteiger partial charge on any atom is 0.124 e. The molecule has 1 unspecified atom stereocenters. The molecule has 96 valence electrons. The molecule has 0 saturated heterocycles. The van der Waals surface area contributed by atoms with E-state index in [1.165, 1.54) is 12.1 Å². The maximum atomic E-state index is 13.0. The van der Waals surface area contributed by atoms with Crippen molar-refractivity contribution in [2.45, 2.75) is 13.0 Å². The van der Waals surface area contributed by atoms with Crippen LogP contribution in [0.4, 0.5) is 10.1 Å². The molecule has 0 radical (unpaired) electrons. The molecule has 2 aromatic carbocycles. The van der Waals surface area contributed by atoms with E-state index in [9.17, 15) is 4.39 Å². The predicted molar refractivity (Wildman–Crippen MR) is 74.6 cm³/mol. The average Bonchev–Trinajstić information content (AvgIpc) is 2.41. The molecule has 0 aliphatic rings. The lowest BCUT2D eigenvalue weighted by molar-refractivity contribution is 0.627. The normalized spacial score (nSPS) is 11.7. The van der Waals surface area contributed by atoms with Gasteiger partial charge in [0.15, 0.2) is 0 Å². The van der Waals surface area contributed by atoms with Gasteiger partial charge in [0, 0.05) is 11.1 Å². The third-order valence-corrected chi connectivity index (χ3v) is 3.10. The monoisotopic (exact) mass is 274 g/mol. The zero-order valence-electron chi connectivity index (χ0n) is 10.3. The van der Waals surface area contributed by atoms with Crippen molar-refractivity contribution in [2.75, 3.05) is 5.32 Å². The summed E-state index contributed by atoms with van der Waals surface area (Å²) in [6.45, 7) is 1.97. The third-order valence-electron chi connectivity index (χ3n) is 2.84. The summed E-state index contributed by atoms with van der Waals surface area (Å²) in [6.07, 6.45) is 0. The molecular weight excluding hydrogens is 263 g/mol. The van der Waals surface area contributed by atoms with E-state index >= 15 is 0 Å². The molecule has 0 aromatic heterocycles. The van der Waals surface area contributed by atoms with Gasteiger partial charge in [-0.3, -0.25) is 0 Å². The number of benzene rings is 2. The van der Waals surface area contributed by atoms with Crippen LogP contribution in [0.15, 0.2) is 42.5 Å². The molecule has 0 amide bonds. The van der Waals surface area contributed by atoms with Crippen LogP contribution in [0, 0.1) is 17.1 Å². The molecule has 0 bridgehead atoms. The second-order valence-corrected chi connectivity index (χ2v) is 4.66. The molecule has 1 N–H and O–H groups in total. The summed E-state index contributed by atoms with van der Waals surface area (Å²) in [5.41, 5.74) is 1.95. The van der Waals surface area contributed by atoms with E-state index in [1.807, 2.05) is 37.3 Å². The predicted octanol–water partition coefficient (Wildman–Crippen LogP) is 4.52. The average molecular weight is 275 g/mol. The first-order valence-electron chi connectivity index (χ1n) is 5.82. The van der Waals surface area contributed by atoms with Crippen molar-refractivity contribution in [3.8, 4) is 6.07 Å². The number of rotatable bonds is 3. The highest BCUT2D eigenvalue weighted by Crippen LogP contribution is 2.23. The fraction of sp³-hybridized carbons (Fsp3) is 0.133. The quantitative estimate of drug-likeness (QED) is 0.893. The van der Waals surface area contributed by atoms with Crippen molar-refractivity contribution >= 4 is 17.3 Å². The Labute approximate surface area is 116 Å². The van der Waals surface area contributed by atoms with Gasteiger partial charge in [0.1, 0.15) is 11.9 Å². The number of nitriles is 1. The summed E-state index contributed by atoms with van der Waals surface area (Å²) >= 11 is 5.84. The molecule has 19 heavy (non-hydrogen) atoms. The Morgan fingerprint density at radius 3 is 2.53 bits per heavy atom. The number of nitrogens with zero attached hydrogens (tertiary/aromatic N) is 1. The Morgan fingerprint density at radius 2 is 1.89 bits per heavy atom. The van der Waals surface area contributed by atoms with Crippen LogP contribution in [-0.2, 0) is 0 Å². The summed E-state index contributed by atoms with van der Waals surface area (Å²) in [6, 6.07) is 13.5. The zero-order valence-corrected chi connectivity index (χ0v) is 11.1. The Morgan fingerprint density at radius 1 is 1.21 bits per heavy atom. The van der Waals surface area contributed by atoms with Crippen molar-refractivity contribution in [3.05, 3.63) is 64.4 Å². The van der Waals surface area contributed by atoms with Gasteiger partial charge in [-0.1, -0.05) is 23.7 Å². The van der Waals surface area contributed by atoms with E-state index in [4.69, 9.17) is 16.9 Å². The van der Waals surface area contributed by atoms with E-state index in [0.717, 1.165) is 5.56 Å². The number of hydrogen-bond donors (Lipinski definition) is 1. The lowest BCUT2D eigenvalue weighted by Gasteiger charge is -2.16. The molecule has 2 nitrogen and oxygen atoms in total. The first-order valence-corrected chi connectivity index (χ1v) is 6.19. The summed E-state index contributed by atoms with van der Waals surface area (Å²) in [5.74, 6) is -0.416. The van der Waals surface area contributed by atoms with Gasteiger partial charge < -0.3 is 5.32 Å². The molecule has 0 fully saturated rings. The van der Waals surface area contributed by atoms with Gasteiger partial charge in [-0.05, 0) is 42.8 Å². The lowest BCUT2D eigenvalue weighted by Crippen LogP contribution is -2.07. The van der Waals surface area contributed by atoms with Crippen LogP contribution in [-0.4, -0.2) is 0 Å². The van der Waals surface area contributed by atoms with Crippen molar-refractivity contribution < 1.29 is 4.39 Å². The Hall–Kier alpha value is -2.05. The van der Waals surface area contributed by atoms with Crippen LogP contribution in [0.3, 0.4) is 0 Å². The number of nitrogens with one attached hydrogen (secondary N) is 1. The highest BCUT2D eigenvalue weighted by molar-refractivity contribution is 6.30. The van der Waals surface area contributed by atoms with Gasteiger partial charge in [-0.25, -0.2) is 4.39 Å². The maximum absolute atomic E-state index is 13.0. The molecule has 0 heterocycles. The van der Waals surface area contributed by atoms with Crippen molar-refractivity contribution in [1.29, 1.82) is 5.26 Å². The minimum absolute atomic E-state index is 0.00479. The molecule has 0 aliphatic carbocycles. The molecule has 2 aromatic rings. The Kier molecular flexibility index (Phi) is 4.03. The highest BCUT2D eigenvalue weighted by Gasteiger charge is 2.09. The smallest absolute Gasteiger partial charge is 0.124 e. The van der Waals surface area contributed by atoms with Gasteiger partial charge in [0.2, 0.25) is 0 Å². The fourth-order valence-electron chi connectivity index (χ4n) is 1.80. The molecular formula is C15H12ClFN2. The summed E-state index contributed by atoms with van der Waals surface area (Å²) in [5, 5.41) is 12.9. The molecule has 1 atom stereocenters. The summed E-state index contributed by atoms with van der Waals surface area (Å²) in [4.78, 5) is 0. The van der Waals surface area contributed by atoms with Gasteiger partial charge in [0.05, 0.1) is 11.3 Å². The minimum Gasteiger partial charge on any atom is -0.377 e. The van der Waals surface area contributed by atoms with E-state index in [1.54, 1.807) is 6.07 Å². The van der Waals surface area contributed by atoms with E-state index in [2.05, 4.69) is 5.32 Å². The molecule has 0 spiro atoms. The van der Waals surface area contributed by atoms with Crippen LogP contribution in [0.2, 0.25) is 5.02 Å².